The molecule has 0 bridgehead atoms. The highest BCUT2D eigenvalue weighted by molar-refractivity contribution is 4.71. The van der Waals surface area contributed by atoms with Gasteiger partial charge in [-0.05, 0) is 26.3 Å². The molecule has 1 rings (SSSR count). The monoisotopic (exact) mass is 225 g/mol. The van der Waals surface area contributed by atoms with Gasteiger partial charge in [0.25, 0.3) is 0 Å². The summed E-state index contributed by atoms with van der Waals surface area (Å²) in [5.74, 6) is 0. The summed E-state index contributed by atoms with van der Waals surface area (Å²) in [4.78, 5) is 2.44. The second-order valence-electron chi connectivity index (χ2n) is 4.38. The van der Waals surface area contributed by atoms with E-state index in [0.717, 1.165) is 52.2 Å². The quantitative estimate of drug-likeness (QED) is 0.656. The van der Waals surface area contributed by atoms with Crippen LogP contribution in [0.1, 0.15) is 26.2 Å². The first-order valence-electron chi connectivity index (χ1n) is 6.23. The van der Waals surface area contributed by atoms with Gasteiger partial charge >= 0.3 is 0 Å². The van der Waals surface area contributed by atoms with Crippen LogP contribution in [0.25, 0.3) is 0 Å². The summed E-state index contributed by atoms with van der Waals surface area (Å²) in [6.45, 7) is 8.19. The molecular weight excluding hydrogens is 202 g/mol. The predicted octanol–water partition coefficient (Wildman–Crippen LogP) is 0.991. The third-order valence-corrected chi connectivity index (χ3v) is 2.84. The Morgan fingerprint density at radius 3 is 2.81 bits per heavy atom. The molecule has 1 saturated heterocycles. The average Bonchev–Trinajstić information content (AvgIpc) is 2.30. The molecule has 0 radical (unpaired) electrons. The number of hydrogen-bond acceptors (Lipinski definition) is 4. The van der Waals surface area contributed by atoms with Crippen molar-refractivity contribution in [3.05, 3.63) is 0 Å². The zero-order valence-corrected chi connectivity index (χ0v) is 10.2. The van der Waals surface area contributed by atoms with Crippen LogP contribution in [0, 0.1) is 11.3 Å². The van der Waals surface area contributed by atoms with Gasteiger partial charge in [-0.25, -0.2) is 0 Å². The number of unbranched alkanes of at least 4 members (excludes halogenated alkanes) is 2. The molecule has 92 valence electrons. The SMILES string of the molecule is CC(CN1CCOCC1)NCCCCC#N. The maximum Gasteiger partial charge on any atom is 0.0621 e. The highest BCUT2D eigenvalue weighted by Crippen LogP contribution is 1.99. The second kappa shape index (κ2) is 8.51. The molecule has 0 aromatic heterocycles. The predicted molar refractivity (Wildman–Crippen MR) is 64.2 cm³/mol. The van der Waals surface area contributed by atoms with Gasteiger partial charge in [-0.2, -0.15) is 5.26 Å². The van der Waals surface area contributed by atoms with Gasteiger partial charge in [-0.15, -0.1) is 0 Å². The van der Waals surface area contributed by atoms with Crippen LogP contribution in [-0.4, -0.2) is 50.3 Å². The first-order valence-corrected chi connectivity index (χ1v) is 6.23. The summed E-state index contributed by atoms with van der Waals surface area (Å²) < 4.78 is 5.31. The fourth-order valence-electron chi connectivity index (χ4n) is 1.91. The minimum Gasteiger partial charge on any atom is -0.379 e. The van der Waals surface area contributed by atoms with Crippen molar-refractivity contribution in [3.63, 3.8) is 0 Å². The fourth-order valence-corrected chi connectivity index (χ4v) is 1.91. The molecule has 4 heteroatoms. The van der Waals surface area contributed by atoms with E-state index < -0.39 is 0 Å². The van der Waals surface area contributed by atoms with Crippen LogP contribution in [0.5, 0.6) is 0 Å². The number of nitrogens with zero attached hydrogens (tertiary/aromatic N) is 2. The number of morpholine rings is 1. The van der Waals surface area contributed by atoms with Crippen LogP contribution in [-0.2, 0) is 4.74 Å². The number of rotatable bonds is 7. The molecule has 0 amide bonds. The Balaban J connectivity index is 1.97. The summed E-state index contributed by atoms with van der Waals surface area (Å²) in [7, 11) is 0. The van der Waals surface area contributed by atoms with Crippen LogP contribution in [0.15, 0.2) is 0 Å². The van der Waals surface area contributed by atoms with Gasteiger partial charge in [0.05, 0.1) is 19.3 Å². The molecule has 0 aliphatic carbocycles. The van der Waals surface area contributed by atoms with E-state index in [2.05, 4.69) is 23.2 Å². The number of nitriles is 1. The third kappa shape index (κ3) is 6.06. The maximum absolute atomic E-state index is 8.40. The molecule has 1 unspecified atom stereocenters. The molecule has 1 aliphatic rings. The van der Waals surface area contributed by atoms with Gasteiger partial charge in [-0.1, -0.05) is 0 Å². The zero-order valence-electron chi connectivity index (χ0n) is 10.2. The van der Waals surface area contributed by atoms with E-state index in [1.807, 2.05) is 0 Å². The van der Waals surface area contributed by atoms with Gasteiger partial charge in [-0.3, -0.25) is 4.90 Å². The summed E-state index contributed by atoms with van der Waals surface area (Å²) in [6.07, 6.45) is 2.79. The van der Waals surface area contributed by atoms with Crippen molar-refractivity contribution >= 4 is 0 Å². The summed E-state index contributed by atoms with van der Waals surface area (Å²) in [5.41, 5.74) is 0. The van der Waals surface area contributed by atoms with Crippen molar-refractivity contribution < 1.29 is 4.74 Å². The van der Waals surface area contributed by atoms with E-state index in [-0.39, 0.29) is 0 Å². The first kappa shape index (κ1) is 13.4. The minimum absolute atomic E-state index is 0.528. The van der Waals surface area contributed by atoms with Gasteiger partial charge in [0.1, 0.15) is 0 Å². The van der Waals surface area contributed by atoms with E-state index in [4.69, 9.17) is 10.00 Å². The van der Waals surface area contributed by atoms with Crippen molar-refractivity contribution in [2.24, 2.45) is 0 Å². The van der Waals surface area contributed by atoms with Crippen molar-refractivity contribution in [1.82, 2.24) is 10.2 Å². The molecule has 0 saturated carbocycles. The number of ether oxygens (including phenoxy) is 1. The van der Waals surface area contributed by atoms with Gasteiger partial charge in [0.2, 0.25) is 0 Å². The lowest BCUT2D eigenvalue weighted by atomic mass is 10.2. The highest BCUT2D eigenvalue weighted by Gasteiger charge is 2.12. The van der Waals surface area contributed by atoms with Gasteiger partial charge < -0.3 is 10.1 Å². The van der Waals surface area contributed by atoms with Crippen LogP contribution < -0.4 is 5.32 Å². The van der Waals surface area contributed by atoms with E-state index in [9.17, 15) is 0 Å². The minimum atomic E-state index is 0.528. The Bertz CT molecular complexity index is 209. The molecule has 1 N–H and O–H groups in total. The standard InChI is InChI=1S/C12H23N3O/c1-12(14-6-4-2-3-5-13)11-15-7-9-16-10-8-15/h12,14H,2-4,6-11H2,1H3. The number of nitrogens with one attached hydrogen (secondary N) is 1. The molecule has 1 atom stereocenters. The van der Waals surface area contributed by atoms with Crippen LogP contribution in [0.2, 0.25) is 0 Å². The Morgan fingerprint density at radius 2 is 2.12 bits per heavy atom. The zero-order chi connectivity index (χ0) is 11.6. The van der Waals surface area contributed by atoms with E-state index in [1.54, 1.807) is 0 Å². The molecule has 1 fully saturated rings. The van der Waals surface area contributed by atoms with Crippen LogP contribution in [0.3, 0.4) is 0 Å². The van der Waals surface area contributed by atoms with Crippen molar-refractivity contribution in [3.8, 4) is 6.07 Å². The molecule has 0 aromatic rings. The average molecular weight is 225 g/mol. The lowest BCUT2D eigenvalue weighted by Crippen LogP contribution is -2.44. The molecule has 1 aliphatic heterocycles. The fraction of sp³-hybridized carbons (Fsp3) is 0.917. The van der Waals surface area contributed by atoms with Gasteiger partial charge in [0, 0.05) is 32.1 Å². The second-order valence-corrected chi connectivity index (χ2v) is 4.38. The van der Waals surface area contributed by atoms with Gasteiger partial charge in [0.15, 0.2) is 0 Å². The van der Waals surface area contributed by atoms with Crippen LogP contribution >= 0.6 is 0 Å². The molecule has 1 heterocycles. The normalized spacial score (nSPS) is 19.2. The van der Waals surface area contributed by atoms with Crippen LogP contribution in [0.4, 0.5) is 0 Å². The molecular formula is C12H23N3O. The summed E-state index contributed by atoms with van der Waals surface area (Å²) in [5, 5.41) is 11.9. The van der Waals surface area contributed by atoms with Crippen molar-refractivity contribution in [2.75, 3.05) is 39.4 Å². The molecule has 16 heavy (non-hydrogen) atoms. The first-order chi connectivity index (χ1) is 7.83. The maximum atomic E-state index is 8.40. The Kier molecular flexibility index (Phi) is 7.15. The molecule has 0 spiro atoms. The van der Waals surface area contributed by atoms with Crippen molar-refractivity contribution in [2.45, 2.75) is 32.2 Å². The molecule has 4 nitrogen and oxygen atoms in total. The summed E-state index contributed by atoms with van der Waals surface area (Å²) >= 11 is 0. The largest absolute Gasteiger partial charge is 0.379 e. The lowest BCUT2D eigenvalue weighted by Gasteiger charge is -2.29. The lowest BCUT2D eigenvalue weighted by molar-refractivity contribution is 0.0344. The Hall–Kier alpha value is -0.630. The third-order valence-electron chi connectivity index (χ3n) is 2.84. The Morgan fingerprint density at radius 1 is 1.38 bits per heavy atom. The number of hydrogen-bond donors (Lipinski definition) is 1. The molecule has 0 aromatic carbocycles. The Labute approximate surface area is 98.6 Å². The van der Waals surface area contributed by atoms with E-state index in [1.165, 1.54) is 0 Å². The van der Waals surface area contributed by atoms with E-state index in [0.29, 0.717) is 12.5 Å². The topological polar surface area (TPSA) is 48.3 Å². The summed E-state index contributed by atoms with van der Waals surface area (Å²) in [6, 6.07) is 2.70. The van der Waals surface area contributed by atoms with Crippen molar-refractivity contribution in [1.29, 1.82) is 5.26 Å². The smallest absolute Gasteiger partial charge is 0.0621 e. The highest BCUT2D eigenvalue weighted by atomic mass is 16.5. The van der Waals surface area contributed by atoms with E-state index >= 15 is 0 Å².